The fourth-order valence-electron chi connectivity index (χ4n) is 3.54. The molecule has 0 unspecified atom stereocenters. The number of nitrogens with zero attached hydrogens (tertiary/aromatic N) is 1. The van der Waals surface area contributed by atoms with Crippen molar-refractivity contribution in [1.82, 2.24) is 4.90 Å². The van der Waals surface area contributed by atoms with Gasteiger partial charge in [0.25, 0.3) is 0 Å². The SMILES string of the molecule is O=C(CC12CCCN1CCC2)c1ccccc1. The molecule has 2 fully saturated rings. The summed E-state index contributed by atoms with van der Waals surface area (Å²) in [5.74, 6) is 0.319. The molecule has 0 bridgehead atoms. The lowest BCUT2D eigenvalue weighted by Crippen LogP contribution is -2.40. The fraction of sp³-hybridized carbons (Fsp3) is 0.533. The number of Topliss-reactive ketones (excluding diaryl/α,β-unsaturated/α-hetero) is 1. The van der Waals surface area contributed by atoms with Crippen LogP contribution in [0, 0.1) is 0 Å². The molecule has 90 valence electrons. The first-order valence-electron chi connectivity index (χ1n) is 6.64. The number of benzene rings is 1. The molecule has 0 amide bonds. The number of carbonyl (C=O) groups is 1. The van der Waals surface area contributed by atoms with Crippen LogP contribution in [0.2, 0.25) is 0 Å². The number of hydrogen-bond donors (Lipinski definition) is 0. The lowest BCUT2D eigenvalue weighted by atomic mass is 9.86. The first-order chi connectivity index (χ1) is 8.30. The van der Waals surface area contributed by atoms with Gasteiger partial charge in [0, 0.05) is 17.5 Å². The molecule has 2 nitrogen and oxygen atoms in total. The maximum atomic E-state index is 12.3. The smallest absolute Gasteiger partial charge is 0.164 e. The summed E-state index contributed by atoms with van der Waals surface area (Å²) in [5.41, 5.74) is 1.09. The van der Waals surface area contributed by atoms with Crippen molar-refractivity contribution in [2.75, 3.05) is 13.1 Å². The maximum Gasteiger partial charge on any atom is 0.164 e. The Balaban J connectivity index is 1.77. The number of ketones is 1. The second-order valence-electron chi connectivity index (χ2n) is 5.38. The van der Waals surface area contributed by atoms with Gasteiger partial charge in [-0.3, -0.25) is 9.69 Å². The zero-order valence-corrected chi connectivity index (χ0v) is 10.2. The molecule has 0 saturated carbocycles. The minimum atomic E-state index is 0.215. The topological polar surface area (TPSA) is 20.3 Å². The van der Waals surface area contributed by atoms with E-state index in [0.29, 0.717) is 5.78 Å². The Kier molecular flexibility index (Phi) is 2.75. The average molecular weight is 229 g/mol. The van der Waals surface area contributed by atoms with Crippen LogP contribution in [0.15, 0.2) is 30.3 Å². The lowest BCUT2D eigenvalue weighted by molar-refractivity contribution is 0.0883. The van der Waals surface area contributed by atoms with Gasteiger partial charge in [0.15, 0.2) is 5.78 Å². The summed E-state index contributed by atoms with van der Waals surface area (Å²) >= 11 is 0. The first kappa shape index (κ1) is 11.0. The molecule has 0 atom stereocenters. The molecule has 0 aromatic heterocycles. The molecule has 0 aliphatic carbocycles. The van der Waals surface area contributed by atoms with Crippen LogP contribution in [-0.2, 0) is 0 Å². The van der Waals surface area contributed by atoms with E-state index in [0.717, 1.165) is 12.0 Å². The Morgan fingerprint density at radius 2 is 1.76 bits per heavy atom. The van der Waals surface area contributed by atoms with Crippen LogP contribution in [0.25, 0.3) is 0 Å². The Labute approximate surface area is 103 Å². The highest BCUT2D eigenvalue weighted by Gasteiger charge is 2.45. The predicted molar refractivity (Wildman–Crippen MR) is 68.2 cm³/mol. The maximum absolute atomic E-state index is 12.3. The van der Waals surface area contributed by atoms with Crippen molar-refractivity contribution < 1.29 is 4.79 Å². The highest BCUT2D eigenvalue weighted by atomic mass is 16.1. The molecule has 17 heavy (non-hydrogen) atoms. The second kappa shape index (κ2) is 4.26. The van der Waals surface area contributed by atoms with Crippen LogP contribution >= 0.6 is 0 Å². The third-order valence-electron chi connectivity index (χ3n) is 4.40. The molecular weight excluding hydrogens is 210 g/mol. The van der Waals surface area contributed by atoms with Crippen LogP contribution in [0.5, 0.6) is 0 Å². The van der Waals surface area contributed by atoms with Crippen molar-refractivity contribution in [3.05, 3.63) is 35.9 Å². The van der Waals surface area contributed by atoms with Crippen LogP contribution < -0.4 is 0 Å². The second-order valence-corrected chi connectivity index (χ2v) is 5.38. The molecule has 0 spiro atoms. The van der Waals surface area contributed by atoms with E-state index in [9.17, 15) is 4.79 Å². The van der Waals surface area contributed by atoms with Crippen LogP contribution in [0.1, 0.15) is 42.5 Å². The van der Waals surface area contributed by atoms with Gasteiger partial charge in [-0.1, -0.05) is 30.3 Å². The Morgan fingerprint density at radius 1 is 1.12 bits per heavy atom. The summed E-state index contributed by atoms with van der Waals surface area (Å²) < 4.78 is 0. The van der Waals surface area contributed by atoms with Crippen LogP contribution in [0.4, 0.5) is 0 Å². The highest BCUT2D eigenvalue weighted by molar-refractivity contribution is 5.96. The minimum Gasteiger partial charge on any atom is -0.297 e. The van der Waals surface area contributed by atoms with Crippen molar-refractivity contribution in [2.24, 2.45) is 0 Å². The number of carbonyl (C=O) groups excluding carboxylic acids is 1. The van der Waals surface area contributed by atoms with Gasteiger partial charge < -0.3 is 0 Å². The summed E-state index contributed by atoms with van der Waals surface area (Å²) in [6.45, 7) is 2.39. The molecule has 0 N–H and O–H groups in total. The summed E-state index contributed by atoms with van der Waals surface area (Å²) in [6, 6.07) is 9.74. The van der Waals surface area contributed by atoms with Crippen molar-refractivity contribution in [2.45, 2.75) is 37.6 Å². The molecule has 2 saturated heterocycles. The van der Waals surface area contributed by atoms with Gasteiger partial charge in [-0.2, -0.15) is 0 Å². The van der Waals surface area contributed by atoms with Gasteiger partial charge >= 0.3 is 0 Å². The first-order valence-corrected chi connectivity index (χ1v) is 6.64. The van der Waals surface area contributed by atoms with E-state index in [2.05, 4.69) is 4.90 Å². The zero-order chi connectivity index (χ0) is 11.7. The Morgan fingerprint density at radius 3 is 2.41 bits per heavy atom. The van der Waals surface area contributed by atoms with Crippen molar-refractivity contribution in [3.63, 3.8) is 0 Å². The quantitative estimate of drug-likeness (QED) is 0.743. The Hall–Kier alpha value is -1.15. The lowest BCUT2D eigenvalue weighted by Gasteiger charge is -2.31. The van der Waals surface area contributed by atoms with Crippen molar-refractivity contribution in [1.29, 1.82) is 0 Å². The average Bonchev–Trinajstić information content (AvgIpc) is 2.89. The van der Waals surface area contributed by atoms with Gasteiger partial charge in [-0.25, -0.2) is 0 Å². The van der Waals surface area contributed by atoms with E-state index >= 15 is 0 Å². The largest absolute Gasteiger partial charge is 0.297 e. The molecule has 3 rings (SSSR count). The van der Waals surface area contributed by atoms with Gasteiger partial charge in [0.1, 0.15) is 0 Å². The van der Waals surface area contributed by atoms with Crippen molar-refractivity contribution in [3.8, 4) is 0 Å². The fourth-order valence-corrected chi connectivity index (χ4v) is 3.54. The molecule has 0 radical (unpaired) electrons. The van der Waals surface area contributed by atoms with E-state index in [1.807, 2.05) is 30.3 Å². The van der Waals surface area contributed by atoms with E-state index < -0.39 is 0 Å². The van der Waals surface area contributed by atoms with Gasteiger partial charge in [-0.05, 0) is 38.8 Å². The Bertz CT molecular complexity index is 402. The van der Waals surface area contributed by atoms with Crippen LogP contribution in [0.3, 0.4) is 0 Å². The summed E-state index contributed by atoms with van der Waals surface area (Å²) in [5, 5.41) is 0. The molecular formula is C15H19NO. The number of hydrogen-bond acceptors (Lipinski definition) is 2. The zero-order valence-electron chi connectivity index (χ0n) is 10.2. The van der Waals surface area contributed by atoms with E-state index in [4.69, 9.17) is 0 Å². The summed E-state index contributed by atoms with van der Waals surface area (Å²) in [4.78, 5) is 14.9. The molecule has 1 aromatic carbocycles. The number of fused-ring (bicyclic) bond motifs is 1. The summed E-state index contributed by atoms with van der Waals surface area (Å²) in [6.07, 6.45) is 5.68. The van der Waals surface area contributed by atoms with Crippen molar-refractivity contribution >= 4 is 5.78 Å². The molecule has 2 heteroatoms. The number of rotatable bonds is 3. The highest BCUT2D eigenvalue weighted by Crippen LogP contribution is 2.41. The standard InChI is InChI=1S/C15H19NO/c17-14(13-6-2-1-3-7-13)12-15-8-4-10-16(15)11-5-9-15/h1-3,6-7H,4-5,8-12H2. The molecule has 2 aliphatic rings. The third kappa shape index (κ3) is 1.91. The van der Waals surface area contributed by atoms with E-state index in [1.54, 1.807) is 0 Å². The van der Waals surface area contributed by atoms with Crippen LogP contribution in [-0.4, -0.2) is 29.3 Å². The van der Waals surface area contributed by atoms with Gasteiger partial charge in [0.2, 0.25) is 0 Å². The normalized spacial score (nSPS) is 22.6. The summed E-state index contributed by atoms with van der Waals surface area (Å²) in [7, 11) is 0. The van der Waals surface area contributed by atoms with E-state index in [1.165, 1.54) is 38.8 Å². The molecule has 1 aromatic rings. The van der Waals surface area contributed by atoms with Gasteiger partial charge in [-0.15, -0.1) is 0 Å². The minimum absolute atomic E-state index is 0.215. The molecule has 2 aliphatic heterocycles. The van der Waals surface area contributed by atoms with E-state index in [-0.39, 0.29) is 5.54 Å². The predicted octanol–water partition coefficient (Wildman–Crippen LogP) is 2.89. The third-order valence-corrected chi connectivity index (χ3v) is 4.40. The van der Waals surface area contributed by atoms with Gasteiger partial charge in [0.05, 0.1) is 0 Å². The molecule has 2 heterocycles. The monoisotopic (exact) mass is 229 g/mol.